The molecule has 3 aliphatic rings. The van der Waals surface area contributed by atoms with Gasteiger partial charge in [-0.3, -0.25) is 25.8 Å². The van der Waals surface area contributed by atoms with E-state index in [0.717, 1.165) is 12.8 Å². The number of benzene rings is 1. The Labute approximate surface area is 143 Å². The van der Waals surface area contributed by atoms with E-state index in [2.05, 4.69) is 47.6 Å². The summed E-state index contributed by atoms with van der Waals surface area (Å²) in [6, 6.07) is 5.96. The summed E-state index contributed by atoms with van der Waals surface area (Å²) in [5.74, 6) is -0.0299. The molecule has 0 saturated heterocycles. The number of fused-ring (bicyclic) bond motifs is 1. The molecule has 3 fully saturated rings. The molecule has 0 aromatic heterocycles. The lowest BCUT2D eigenvalue weighted by Gasteiger charge is -2.64. The number of amides is 1. The normalized spacial score (nSPS) is 33.7. The summed E-state index contributed by atoms with van der Waals surface area (Å²) >= 11 is 3.73. The highest BCUT2D eigenvalue weighted by molar-refractivity contribution is 9.09. The van der Waals surface area contributed by atoms with E-state index in [-0.39, 0.29) is 27.3 Å². The molecule has 4 rings (SSSR count). The van der Waals surface area contributed by atoms with Crippen LogP contribution in [0.1, 0.15) is 33.6 Å². The van der Waals surface area contributed by atoms with Gasteiger partial charge in [0.2, 0.25) is 5.91 Å². The Morgan fingerprint density at radius 3 is 2.30 bits per heavy atom. The number of halogens is 1. The first-order valence-corrected chi connectivity index (χ1v) is 8.53. The predicted octanol–water partition coefficient (Wildman–Crippen LogP) is 3.63. The molecule has 3 aliphatic carbocycles. The van der Waals surface area contributed by atoms with E-state index >= 15 is 0 Å². The molecule has 23 heavy (non-hydrogen) atoms. The van der Waals surface area contributed by atoms with Gasteiger partial charge >= 0.3 is 0 Å². The minimum absolute atomic E-state index is 0.0210. The molecule has 1 aromatic carbocycles. The van der Waals surface area contributed by atoms with Gasteiger partial charge in [0.05, 0.1) is 16.0 Å². The molecule has 6 nitrogen and oxygen atoms in total. The van der Waals surface area contributed by atoms with Gasteiger partial charge in [0.25, 0.3) is 5.69 Å². The fourth-order valence-corrected chi connectivity index (χ4v) is 6.17. The highest BCUT2D eigenvalue weighted by Crippen LogP contribution is 2.79. The van der Waals surface area contributed by atoms with Crippen LogP contribution in [0.25, 0.3) is 0 Å². The summed E-state index contributed by atoms with van der Waals surface area (Å²) in [6.45, 7) is 6.54. The maximum atomic E-state index is 12.8. The van der Waals surface area contributed by atoms with E-state index in [1.54, 1.807) is 12.1 Å². The first-order chi connectivity index (χ1) is 10.7. The molecule has 0 radical (unpaired) electrons. The first kappa shape index (κ1) is 16.2. The third-order valence-electron chi connectivity index (χ3n) is 6.38. The number of nitro groups is 1. The molecule has 0 spiro atoms. The zero-order valence-electron chi connectivity index (χ0n) is 13.4. The second-order valence-electron chi connectivity index (χ2n) is 7.26. The number of nitrogens with zero attached hydrogens (tertiary/aromatic N) is 1. The molecule has 1 amide bonds. The van der Waals surface area contributed by atoms with Crippen molar-refractivity contribution in [1.29, 1.82) is 0 Å². The van der Waals surface area contributed by atoms with Crippen molar-refractivity contribution in [2.45, 2.75) is 38.4 Å². The maximum Gasteiger partial charge on any atom is 0.269 e. The zero-order chi connectivity index (χ0) is 17.0. The van der Waals surface area contributed by atoms with Gasteiger partial charge in [-0.2, -0.15) is 0 Å². The number of hydrogen-bond acceptors (Lipinski definition) is 4. The molecule has 2 bridgehead atoms. The number of non-ortho nitro benzene ring substituents is 1. The lowest BCUT2D eigenvalue weighted by molar-refractivity contribution is -0.384. The SMILES string of the molecule is CC12CCC(C(=O)NNc3ccc([N+](=O)[O-])cc3)(C1Br)C2(C)C. The van der Waals surface area contributed by atoms with Crippen molar-refractivity contribution < 1.29 is 9.72 Å². The highest BCUT2D eigenvalue weighted by atomic mass is 79.9. The minimum Gasteiger partial charge on any atom is -0.299 e. The van der Waals surface area contributed by atoms with Gasteiger partial charge in [-0.15, -0.1) is 0 Å². The van der Waals surface area contributed by atoms with Crippen molar-refractivity contribution in [3.05, 3.63) is 34.4 Å². The number of nitro benzene ring substituents is 1. The molecule has 0 aliphatic heterocycles. The maximum absolute atomic E-state index is 12.8. The molecule has 3 unspecified atom stereocenters. The number of alkyl halides is 1. The third-order valence-corrected chi connectivity index (χ3v) is 8.17. The lowest BCUT2D eigenvalue weighted by Crippen LogP contribution is -2.69. The van der Waals surface area contributed by atoms with Crippen LogP contribution >= 0.6 is 15.9 Å². The number of carbonyl (C=O) groups is 1. The number of nitrogens with one attached hydrogen (secondary N) is 2. The molecule has 2 N–H and O–H groups in total. The summed E-state index contributed by atoms with van der Waals surface area (Å²) in [7, 11) is 0. The minimum atomic E-state index is -0.451. The molecular weight excluding hydrogens is 362 g/mol. The topological polar surface area (TPSA) is 84.3 Å². The van der Waals surface area contributed by atoms with E-state index < -0.39 is 10.3 Å². The number of rotatable bonds is 4. The van der Waals surface area contributed by atoms with E-state index in [9.17, 15) is 14.9 Å². The number of hydrogen-bond donors (Lipinski definition) is 2. The van der Waals surface area contributed by atoms with E-state index in [1.165, 1.54) is 12.1 Å². The fourth-order valence-electron chi connectivity index (χ4n) is 4.36. The summed E-state index contributed by atoms with van der Waals surface area (Å²) < 4.78 is 0. The Balaban J connectivity index is 1.70. The quantitative estimate of drug-likeness (QED) is 0.473. The molecular formula is C16H20BrN3O3. The lowest BCUT2D eigenvalue weighted by atomic mass is 9.43. The van der Waals surface area contributed by atoms with Crippen molar-refractivity contribution in [3.8, 4) is 0 Å². The monoisotopic (exact) mass is 381 g/mol. The fraction of sp³-hybridized carbons (Fsp3) is 0.562. The molecule has 124 valence electrons. The smallest absolute Gasteiger partial charge is 0.269 e. The van der Waals surface area contributed by atoms with Crippen LogP contribution in [0.4, 0.5) is 11.4 Å². The van der Waals surface area contributed by atoms with Crippen LogP contribution in [-0.4, -0.2) is 15.7 Å². The standard InChI is InChI=1S/C16H20BrN3O3/c1-14(2)15(3)8-9-16(14,12(15)17)13(21)19-18-10-4-6-11(7-5-10)20(22)23/h4-7,12,18H,8-9H2,1-3H3,(H,19,21). The summed E-state index contributed by atoms with van der Waals surface area (Å²) in [5, 5.41) is 10.6. The van der Waals surface area contributed by atoms with Gasteiger partial charge in [0.15, 0.2) is 0 Å². The number of carbonyl (C=O) groups excluding carboxylic acids is 1. The third kappa shape index (κ3) is 1.89. The van der Waals surface area contributed by atoms with Crippen molar-refractivity contribution in [3.63, 3.8) is 0 Å². The Bertz CT molecular complexity index is 676. The zero-order valence-corrected chi connectivity index (χ0v) is 14.9. The van der Waals surface area contributed by atoms with Crippen molar-refractivity contribution in [1.82, 2.24) is 5.43 Å². The van der Waals surface area contributed by atoms with Crippen LogP contribution in [0.5, 0.6) is 0 Å². The predicted molar refractivity (Wildman–Crippen MR) is 91.1 cm³/mol. The van der Waals surface area contributed by atoms with Gasteiger partial charge < -0.3 is 0 Å². The van der Waals surface area contributed by atoms with Crippen LogP contribution in [0.2, 0.25) is 0 Å². The molecule has 0 heterocycles. The van der Waals surface area contributed by atoms with Crippen LogP contribution in [0.15, 0.2) is 24.3 Å². The second kappa shape index (κ2) is 4.93. The molecule has 3 saturated carbocycles. The average molecular weight is 382 g/mol. The van der Waals surface area contributed by atoms with Crippen molar-refractivity contribution in [2.24, 2.45) is 16.2 Å². The first-order valence-electron chi connectivity index (χ1n) is 7.62. The van der Waals surface area contributed by atoms with Crippen LogP contribution in [-0.2, 0) is 4.79 Å². The van der Waals surface area contributed by atoms with E-state index in [1.807, 2.05) is 0 Å². The van der Waals surface area contributed by atoms with Gasteiger partial charge in [-0.1, -0.05) is 36.7 Å². The Kier molecular flexibility index (Phi) is 3.48. The Morgan fingerprint density at radius 2 is 1.87 bits per heavy atom. The van der Waals surface area contributed by atoms with Crippen molar-refractivity contribution >= 4 is 33.2 Å². The summed E-state index contributed by atoms with van der Waals surface area (Å²) in [6.07, 6.45) is 1.89. The van der Waals surface area contributed by atoms with Crippen molar-refractivity contribution in [2.75, 3.05) is 5.43 Å². The van der Waals surface area contributed by atoms with Crippen LogP contribution < -0.4 is 10.9 Å². The Morgan fingerprint density at radius 1 is 1.26 bits per heavy atom. The summed E-state index contributed by atoms with van der Waals surface area (Å²) in [4.78, 5) is 23.2. The molecule has 1 aromatic rings. The summed E-state index contributed by atoms with van der Waals surface area (Å²) in [5.41, 5.74) is 5.93. The van der Waals surface area contributed by atoms with Gasteiger partial charge in [0.1, 0.15) is 0 Å². The number of hydrazine groups is 1. The van der Waals surface area contributed by atoms with E-state index in [0.29, 0.717) is 5.69 Å². The average Bonchev–Trinajstić information content (AvgIpc) is 2.92. The van der Waals surface area contributed by atoms with E-state index in [4.69, 9.17) is 0 Å². The van der Waals surface area contributed by atoms with Crippen LogP contribution in [0, 0.1) is 26.4 Å². The molecule has 3 atom stereocenters. The van der Waals surface area contributed by atoms with Crippen LogP contribution in [0.3, 0.4) is 0 Å². The highest BCUT2D eigenvalue weighted by Gasteiger charge is 2.80. The largest absolute Gasteiger partial charge is 0.299 e. The molecule has 7 heteroatoms. The Hall–Kier alpha value is -1.63. The van der Waals surface area contributed by atoms with Gasteiger partial charge in [0, 0.05) is 17.0 Å². The number of anilines is 1. The second-order valence-corrected chi connectivity index (χ2v) is 8.18. The van der Waals surface area contributed by atoms with Gasteiger partial charge in [-0.05, 0) is 35.8 Å². The van der Waals surface area contributed by atoms with Gasteiger partial charge in [-0.25, -0.2) is 0 Å².